The van der Waals surface area contributed by atoms with E-state index in [9.17, 15) is 9.59 Å². The molecule has 0 unspecified atom stereocenters. The van der Waals surface area contributed by atoms with Crippen LogP contribution >= 0.6 is 0 Å². The van der Waals surface area contributed by atoms with Crippen LogP contribution in [-0.2, 0) is 20.1 Å². The number of imidazole rings is 1. The second-order valence-corrected chi connectivity index (χ2v) is 8.30. The molecule has 0 fully saturated rings. The largest absolute Gasteiger partial charge is 0.332 e. The van der Waals surface area contributed by atoms with Crippen molar-refractivity contribution in [2.24, 2.45) is 7.05 Å². The maximum absolute atomic E-state index is 13.5. The van der Waals surface area contributed by atoms with Crippen molar-refractivity contribution in [3.8, 4) is 0 Å². The van der Waals surface area contributed by atoms with E-state index in [1.807, 2.05) is 41.8 Å². The molecule has 0 atom stereocenters. The van der Waals surface area contributed by atoms with Crippen molar-refractivity contribution in [1.82, 2.24) is 18.7 Å². The predicted octanol–water partition coefficient (Wildman–Crippen LogP) is 3.10. The van der Waals surface area contributed by atoms with Gasteiger partial charge in [-0.25, -0.2) is 4.79 Å². The third-order valence-electron chi connectivity index (χ3n) is 5.99. The number of aryl methyl sites for hydroxylation is 4. The molecule has 0 N–H and O–H groups in total. The average molecular weight is 415 g/mol. The van der Waals surface area contributed by atoms with Gasteiger partial charge in [0.25, 0.3) is 5.56 Å². The summed E-state index contributed by atoms with van der Waals surface area (Å²) in [4.78, 5) is 33.4. The normalized spacial score (nSPS) is 13.6. The smallest absolute Gasteiger partial charge is 0.312 e. The molecule has 4 aromatic rings. The van der Waals surface area contributed by atoms with Crippen molar-refractivity contribution < 1.29 is 0 Å². The van der Waals surface area contributed by atoms with Crippen LogP contribution in [0.4, 0.5) is 11.6 Å². The molecule has 31 heavy (non-hydrogen) atoms. The summed E-state index contributed by atoms with van der Waals surface area (Å²) >= 11 is 0. The topological polar surface area (TPSA) is 65.1 Å². The van der Waals surface area contributed by atoms with E-state index in [1.165, 1.54) is 14.7 Å². The molecule has 1 aliphatic rings. The van der Waals surface area contributed by atoms with Gasteiger partial charge in [-0.3, -0.25) is 13.9 Å². The molecule has 2 aromatic carbocycles. The van der Waals surface area contributed by atoms with Crippen LogP contribution in [0.1, 0.15) is 23.1 Å². The SMILES string of the molecule is Cc1ccc(Cn2c(=O)c3c(nc4n3CCCN4c3cccc(C)c3)n(C)c2=O)cc1. The quantitative estimate of drug-likeness (QED) is 0.516. The second kappa shape index (κ2) is 7.27. The highest BCUT2D eigenvalue weighted by atomic mass is 16.2. The van der Waals surface area contributed by atoms with Gasteiger partial charge >= 0.3 is 5.69 Å². The summed E-state index contributed by atoms with van der Waals surface area (Å²) in [5.74, 6) is 0.715. The van der Waals surface area contributed by atoms with Crippen molar-refractivity contribution in [1.29, 1.82) is 0 Å². The summed E-state index contributed by atoms with van der Waals surface area (Å²) in [7, 11) is 1.69. The Labute approximate surface area is 179 Å². The summed E-state index contributed by atoms with van der Waals surface area (Å²) in [6.07, 6.45) is 0.895. The molecule has 0 radical (unpaired) electrons. The first-order valence-corrected chi connectivity index (χ1v) is 10.5. The Balaban J connectivity index is 1.69. The number of hydrogen-bond donors (Lipinski definition) is 0. The number of rotatable bonds is 3. The van der Waals surface area contributed by atoms with E-state index >= 15 is 0 Å². The van der Waals surface area contributed by atoms with Gasteiger partial charge in [0.05, 0.1) is 6.54 Å². The standard InChI is InChI=1S/C24H25N5O2/c1-16-8-10-18(11-9-16)15-29-22(30)20-21(26(3)24(29)31)25-23-27(12-5-13-28(20)23)19-7-4-6-17(2)14-19/h4,6-11,14H,5,12-13,15H2,1-3H3. The second-order valence-electron chi connectivity index (χ2n) is 8.30. The van der Waals surface area contributed by atoms with Gasteiger partial charge in [0.1, 0.15) is 0 Å². The van der Waals surface area contributed by atoms with Crippen molar-refractivity contribution in [2.75, 3.05) is 11.4 Å². The van der Waals surface area contributed by atoms with Gasteiger partial charge in [-0.05, 0) is 43.5 Å². The zero-order valence-corrected chi connectivity index (χ0v) is 18.0. The molecular weight excluding hydrogens is 390 g/mol. The Morgan fingerprint density at radius 1 is 0.968 bits per heavy atom. The van der Waals surface area contributed by atoms with E-state index in [2.05, 4.69) is 30.0 Å². The van der Waals surface area contributed by atoms with Gasteiger partial charge in [0.2, 0.25) is 5.95 Å². The molecule has 1 aliphatic heterocycles. The van der Waals surface area contributed by atoms with Crippen molar-refractivity contribution in [2.45, 2.75) is 33.4 Å². The molecule has 7 heteroatoms. The molecule has 0 saturated heterocycles. The minimum Gasteiger partial charge on any atom is -0.312 e. The summed E-state index contributed by atoms with van der Waals surface area (Å²) in [6, 6.07) is 16.1. The van der Waals surface area contributed by atoms with Gasteiger partial charge in [0.15, 0.2) is 11.2 Å². The van der Waals surface area contributed by atoms with E-state index in [4.69, 9.17) is 4.98 Å². The fourth-order valence-electron chi connectivity index (χ4n) is 4.32. The Morgan fingerprint density at radius 3 is 2.48 bits per heavy atom. The van der Waals surface area contributed by atoms with E-state index < -0.39 is 0 Å². The highest BCUT2D eigenvalue weighted by Gasteiger charge is 2.27. The summed E-state index contributed by atoms with van der Waals surface area (Å²) in [5, 5.41) is 0. The van der Waals surface area contributed by atoms with E-state index in [-0.39, 0.29) is 17.8 Å². The first-order chi connectivity index (χ1) is 14.9. The first kappa shape index (κ1) is 19.4. The molecule has 7 nitrogen and oxygen atoms in total. The van der Waals surface area contributed by atoms with E-state index in [0.29, 0.717) is 23.7 Å². The van der Waals surface area contributed by atoms with E-state index in [1.54, 1.807) is 7.05 Å². The maximum atomic E-state index is 13.5. The molecule has 158 valence electrons. The predicted molar refractivity (Wildman–Crippen MR) is 122 cm³/mol. The van der Waals surface area contributed by atoms with Crippen LogP contribution in [-0.4, -0.2) is 25.2 Å². The van der Waals surface area contributed by atoms with Crippen LogP contribution in [0.3, 0.4) is 0 Å². The van der Waals surface area contributed by atoms with Gasteiger partial charge in [-0.1, -0.05) is 42.0 Å². The molecule has 0 spiro atoms. The maximum Gasteiger partial charge on any atom is 0.332 e. The number of aromatic nitrogens is 4. The van der Waals surface area contributed by atoms with Crippen LogP contribution in [0.2, 0.25) is 0 Å². The molecule has 0 aliphatic carbocycles. The number of anilines is 2. The van der Waals surface area contributed by atoms with Gasteiger partial charge in [0, 0.05) is 25.8 Å². The monoisotopic (exact) mass is 415 g/mol. The summed E-state index contributed by atoms with van der Waals surface area (Å²) in [6.45, 7) is 5.83. The number of nitrogens with zero attached hydrogens (tertiary/aromatic N) is 5. The van der Waals surface area contributed by atoms with Gasteiger partial charge < -0.3 is 9.47 Å². The van der Waals surface area contributed by atoms with Gasteiger partial charge in [-0.15, -0.1) is 0 Å². The van der Waals surface area contributed by atoms with Crippen molar-refractivity contribution >= 4 is 22.8 Å². The minimum atomic E-state index is -0.351. The lowest BCUT2D eigenvalue weighted by atomic mass is 10.1. The molecule has 0 bridgehead atoms. The Morgan fingerprint density at radius 2 is 1.74 bits per heavy atom. The average Bonchev–Trinajstić information content (AvgIpc) is 3.16. The summed E-state index contributed by atoms with van der Waals surface area (Å²) < 4.78 is 4.77. The van der Waals surface area contributed by atoms with Crippen LogP contribution in [0.25, 0.3) is 11.2 Å². The van der Waals surface area contributed by atoms with Crippen LogP contribution in [0.15, 0.2) is 58.1 Å². The van der Waals surface area contributed by atoms with Crippen molar-refractivity contribution in [3.05, 3.63) is 86.1 Å². The highest BCUT2D eigenvalue weighted by Crippen LogP contribution is 2.31. The fourth-order valence-corrected chi connectivity index (χ4v) is 4.32. The van der Waals surface area contributed by atoms with Crippen LogP contribution in [0.5, 0.6) is 0 Å². The fraction of sp³-hybridized carbons (Fsp3) is 0.292. The molecule has 2 aromatic heterocycles. The number of benzene rings is 2. The lowest BCUT2D eigenvalue weighted by Crippen LogP contribution is -2.40. The number of fused-ring (bicyclic) bond motifs is 3. The summed E-state index contributed by atoms with van der Waals surface area (Å²) in [5.41, 5.74) is 4.55. The van der Waals surface area contributed by atoms with Crippen LogP contribution < -0.4 is 16.1 Å². The zero-order valence-electron chi connectivity index (χ0n) is 18.0. The minimum absolute atomic E-state index is 0.240. The third-order valence-corrected chi connectivity index (χ3v) is 5.99. The Bertz CT molecular complexity index is 1410. The molecule has 5 rings (SSSR count). The molecular formula is C24H25N5O2. The molecule has 3 heterocycles. The lowest BCUT2D eigenvalue weighted by Gasteiger charge is -2.29. The van der Waals surface area contributed by atoms with Gasteiger partial charge in [-0.2, -0.15) is 4.98 Å². The Hall–Kier alpha value is -3.61. The zero-order chi connectivity index (χ0) is 21.7. The van der Waals surface area contributed by atoms with E-state index in [0.717, 1.165) is 29.8 Å². The molecule has 0 amide bonds. The molecule has 0 saturated carbocycles. The Kier molecular flexibility index (Phi) is 4.54. The number of hydrogen-bond acceptors (Lipinski definition) is 4. The van der Waals surface area contributed by atoms with Crippen LogP contribution in [0, 0.1) is 13.8 Å². The van der Waals surface area contributed by atoms with Crippen molar-refractivity contribution in [3.63, 3.8) is 0 Å². The first-order valence-electron chi connectivity index (χ1n) is 10.5. The lowest BCUT2D eigenvalue weighted by molar-refractivity contribution is 0.597. The third kappa shape index (κ3) is 3.17. The highest BCUT2D eigenvalue weighted by molar-refractivity contribution is 5.77.